The quantitative estimate of drug-likeness (QED) is 0.493. The van der Waals surface area contributed by atoms with Crippen LogP contribution in [0.3, 0.4) is 0 Å². The highest BCUT2D eigenvalue weighted by Gasteiger charge is 2.31. The van der Waals surface area contributed by atoms with Crippen molar-refractivity contribution < 1.29 is 27.5 Å². The van der Waals surface area contributed by atoms with Crippen LogP contribution in [0.15, 0.2) is 41.6 Å². The fraction of sp³-hybridized carbons (Fsp3) is 0.235. The largest absolute Gasteiger partial charge is 0.493 e. The third-order valence-corrected chi connectivity index (χ3v) is 3.36. The van der Waals surface area contributed by atoms with Crippen molar-refractivity contribution >= 4 is 17.8 Å². The zero-order chi connectivity index (χ0) is 18.4. The van der Waals surface area contributed by atoms with Crippen LogP contribution in [0, 0.1) is 0 Å². The summed E-state index contributed by atoms with van der Waals surface area (Å²) in [5.74, 6) is 0.957. The van der Waals surface area contributed by atoms with Crippen molar-refractivity contribution in [3.8, 4) is 17.2 Å². The van der Waals surface area contributed by atoms with Gasteiger partial charge in [0, 0.05) is 11.6 Å². The molecule has 0 saturated carbocycles. The van der Waals surface area contributed by atoms with E-state index >= 15 is 0 Å². The molecule has 0 unspecified atom stereocenters. The van der Waals surface area contributed by atoms with E-state index in [1.54, 1.807) is 18.2 Å². The van der Waals surface area contributed by atoms with E-state index in [0.717, 1.165) is 12.1 Å². The number of hydrogen-bond acceptors (Lipinski definition) is 4. The molecular weight excluding hydrogens is 359 g/mol. The van der Waals surface area contributed by atoms with Crippen LogP contribution in [0.2, 0.25) is 5.02 Å². The molecule has 0 radical (unpaired) electrons. The van der Waals surface area contributed by atoms with Crippen molar-refractivity contribution in [3.63, 3.8) is 0 Å². The van der Waals surface area contributed by atoms with Gasteiger partial charge in [-0.2, -0.15) is 13.2 Å². The number of oxime groups is 1. The van der Waals surface area contributed by atoms with Crippen molar-refractivity contribution in [2.75, 3.05) is 13.7 Å². The molecule has 4 nitrogen and oxygen atoms in total. The molecule has 0 bridgehead atoms. The Morgan fingerprint density at radius 3 is 2.48 bits per heavy atom. The van der Waals surface area contributed by atoms with Crippen molar-refractivity contribution in [2.45, 2.75) is 13.1 Å². The van der Waals surface area contributed by atoms with E-state index in [2.05, 4.69) is 9.99 Å². The van der Waals surface area contributed by atoms with Gasteiger partial charge < -0.3 is 14.3 Å². The first-order chi connectivity index (χ1) is 11.8. The minimum Gasteiger partial charge on any atom is -0.493 e. The number of nitrogens with zero attached hydrogens (tertiary/aromatic N) is 1. The molecule has 0 spiro atoms. The number of alkyl halides is 3. The van der Waals surface area contributed by atoms with Gasteiger partial charge in [0.1, 0.15) is 24.4 Å². The van der Waals surface area contributed by atoms with Crippen molar-refractivity contribution in [1.29, 1.82) is 0 Å². The van der Waals surface area contributed by atoms with Gasteiger partial charge in [-0.15, -0.1) is 0 Å². The molecule has 0 fully saturated rings. The third-order valence-electron chi connectivity index (χ3n) is 3.07. The topological polar surface area (TPSA) is 40.0 Å². The van der Waals surface area contributed by atoms with Gasteiger partial charge >= 0.3 is 6.18 Å². The summed E-state index contributed by atoms with van der Waals surface area (Å²) in [6.45, 7) is 2.23. The molecule has 0 aliphatic rings. The molecule has 0 aromatic heterocycles. The van der Waals surface area contributed by atoms with Crippen LogP contribution in [0.5, 0.6) is 17.2 Å². The molecule has 2 aromatic rings. The van der Waals surface area contributed by atoms with Gasteiger partial charge in [0.05, 0.1) is 23.4 Å². The average Bonchev–Trinajstić information content (AvgIpc) is 2.55. The predicted octanol–water partition coefficient (Wildman–Crippen LogP) is 5.53. The number of ether oxygens (including phenoxy) is 2. The Balaban J connectivity index is 2.28. The maximum atomic E-state index is 12.7. The molecule has 2 aromatic carbocycles. The number of benzene rings is 2. The van der Waals surface area contributed by atoms with Gasteiger partial charge in [-0.25, -0.2) is 0 Å². The maximum absolute atomic E-state index is 12.7. The highest BCUT2D eigenvalue weighted by atomic mass is 35.5. The fourth-order valence-electron chi connectivity index (χ4n) is 1.96. The Labute approximate surface area is 147 Å². The Morgan fingerprint density at radius 1 is 1.12 bits per heavy atom. The maximum Gasteiger partial charge on any atom is 0.416 e. The highest BCUT2D eigenvalue weighted by molar-refractivity contribution is 6.32. The lowest BCUT2D eigenvalue weighted by atomic mass is 10.2. The number of halogens is 4. The first-order valence-corrected chi connectivity index (χ1v) is 7.61. The number of rotatable bonds is 6. The van der Waals surface area contributed by atoms with Crippen molar-refractivity contribution in [2.24, 2.45) is 5.16 Å². The molecule has 25 heavy (non-hydrogen) atoms. The predicted molar refractivity (Wildman–Crippen MR) is 88.7 cm³/mol. The Bertz CT molecular complexity index is 763. The van der Waals surface area contributed by atoms with Crippen LogP contribution >= 0.6 is 11.6 Å². The second kappa shape index (κ2) is 8.11. The summed E-state index contributed by atoms with van der Waals surface area (Å²) in [6, 6.07) is 7.79. The molecule has 134 valence electrons. The van der Waals surface area contributed by atoms with E-state index in [4.69, 9.17) is 21.1 Å². The first kappa shape index (κ1) is 18.9. The van der Waals surface area contributed by atoms with E-state index in [0.29, 0.717) is 23.7 Å². The second-order valence-electron chi connectivity index (χ2n) is 4.79. The molecule has 0 aliphatic heterocycles. The van der Waals surface area contributed by atoms with Gasteiger partial charge in [-0.1, -0.05) is 16.8 Å². The van der Waals surface area contributed by atoms with E-state index < -0.39 is 11.7 Å². The minimum absolute atomic E-state index is 0.107. The molecule has 0 saturated heterocycles. The standard InChI is InChI=1S/C17H15ClF3NO3/c1-3-24-16-9-13(6-4-11(16)10-22-23-2)25-15-7-5-12(8-14(15)18)17(19,20)21/h4-10H,3H2,1-2H3. The van der Waals surface area contributed by atoms with Crippen LogP contribution in [0.4, 0.5) is 13.2 Å². The molecule has 2 rings (SSSR count). The lowest BCUT2D eigenvalue weighted by Gasteiger charge is -2.13. The third kappa shape index (κ3) is 5.03. The fourth-order valence-corrected chi connectivity index (χ4v) is 2.18. The lowest BCUT2D eigenvalue weighted by Crippen LogP contribution is -2.04. The minimum atomic E-state index is -4.47. The Morgan fingerprint density at radius 2 is 1.88 bits per heavy atom. The number of hydrogen-bond donors (Lipinski definition) is 0. The summed E-state index contributed by atoms with van der Waals surface area (Å²) in [4.78, 5) is 4.63. The molecular formula is C17H15ClF3NO3. The van der Waals surface area contributed by atoms with Gasteiger partial charge in [0.2, 0.25) is 0 Å². The summed E-state index contributed by atoms with van der Waals surface area (Å²) in [6.07, 6.45) is -2.99. The van der Waals surface area contributed by atoms with Crippen LogP contribution in [0.1, 0.15) is 18.1 Å². The molecule has 0 aliphatic carbocycles. The van der Waals surface area contributed by atoms with E-state index in [1.807, 2.05) is 6.92 Å². The summed E-state index contributed by atoms with van der Waals surface area (Å²) < 4.78 is 49.1. The van der Waals surface area contributed by atoms with Gasteiger partial charge in [-0.3, -0.25) is 0 Å². The van der Waals surface area contributed by atoms with Crippen LogP contribution < -0.4 is 9.47 Å². The van der Waals surface area contributed by atoms with Crippen molar-refractivity contribution in [1.82, 2.24) is 0 Å². The van der Waals surface area contributed by atoms with E-state index in [1.165, 1.54) is 19.4 Å². The molecule has 0 atom stereocenters. The molecule has 0 N–H and O–H groups in total. The average molecular weight is 374 g/mol. The summed E-state index contributed by atoms with van der Waals surface area (Å²) in [5, 5.41) is 3.53. The van der Waals surface area contributed by atoms with Gasteiger partial charge in [0.25, 0.3) is 0 Å². The molecule has 0 heterocycles. The monoisotopic (exact) mass is 373 g/mol. The Kier molecular flexibility index (Phi) is 6.14. The summed E-state index contributed by atoms with van der Waals surface area (Å²) >= 11 is 5.89. The van der Waals surface area contributed by atoms with Crippen LogP contribution in [-0.2, 0) is 11.0 Å². The lowest BCUT2D eigenvalue weighted by molar-refractivity contribution is -0.137. The zero-order valence-corrected chi connectivity index (χ0v) is 14.2. The van der Waals surface area contributed by atoms with Crippen LogP contribution in [0.25, 0.3) is 0 Å². The van der Waals surface area contributed by atoms with E-state index in [-0.39, 0.29) is 10.8 Å². The summed E-state index contributed by atoms with van der Waals surface area (Å²) in [5.41, 5.74) is -0.180. The van der Waals surface area contributed by atoms with E-state index in [9.17, 15) is 13.2 Å². The zero-order valence-electron chi connectivity index (χ0n) is 13.4. The van der Waals surface area contributed by atoms with Gasteiger partial charge in [0.15, 0.2) is 0 Å². The Hall–Kier alpha value is -2.41. The smallest absolute Gasteiger partial charge is 0.416 e. The van der Waals surface area contributed by atoms with Gasteiger partial charge in [-0.05, 0) is 37.3 Å². The highest BCUT2D eigenvalue weighted by Crippen LogP contribution is 2.37. The SMILES string of the molecule is CCOc1cc(Oc2ccc(C(F)(F)F)cc2Cl)ccc1C=NOC. The first-order valence-electron chi connectivity index (χ1n) is 7.23. The molecule has 8 heteroatoms. The van der Waals surface area contributed by atoms with Crippen LogP contribution in [-0.4, -0.2) is 19.9 Å². The molecule has 0 amide bonds. The summed E-state index contributed by atoms with van der Waals surface area (Å²) in [7, 11) is 1.42. The second-order valence-corrected chi connectivity index (χ2v) is 5.20. The van der Waals surface area contributed by atoms with Crippen molar-refractivity contribution in [3.05, 3.63) is 52.5 Å². The normalized spacial score (nSPS) is 11.6.